The van der Waals surface area contributed by atoms with E-state index in [2.05, 4.69) is 60.9 Å². The van der Waals surface area contributed by atoms with Crippen molar-refractivity contribution < 1.29 is 0 Å². The van der Waals surface area contributed by atoms with Crippen molar-refractivity contribution in [3.8, 4) is 10.8 Å². The SMILES string of the molecule is c1ccc(CN2CCC(NCc3csc(-c4ncccn4)n3)C2)cc1. The number of likely N-dealkylation sites (tertiary alicyclic amines) is 1. The highest BCUT2D eigenvalue weighted by Gasteiger charge is 2.22. The molecule has 0 amide bonds. The van der Waals surface area contributed by atoms with Gasteiger partial charge in [0.05, 0.1) is 5.69 Å². The molecule has 0 spiro atoms. The van der Waals surface area contributed by atoms with Gasteiger partial charge in [0.2, 0.25) is 0 Å². The van der Waals surface area contributed by atoms with Gasteiger partial charge in [-0.1, -0.05) is 30.3 Å². The summed E-state index contributed by atoms with van der Waals surface area (Å²) in [5, 5.41) is 6.62. The maximum absolute atomic E-state index is 4.65. The van der Waals surface area contributed by atoms with Gasteiger partial charge in [0.1, 0.15) is 0 Å². The van der Waals surface area contributed by atoms with Gasteiger partial charge in [-0.05, 0) is 18.1 Å². The first-order chi connectivity index (χ1) is 12.4. The molecule has 1 aliphatic heterocycles. The van der Waals surface area contributed by atoms with Crippen LogP contribution in [0.4, 0.5) is 0 Å². The van der Waals surface area contributed by atoms with Gasteiger partial charge >= 0.3 is 0 Å². The van der Waals surface area contributed by atoms with E-state index in [1.807, 2.05) is 6.07 Å². The second kappa shape index (κ2) is 7.82. The summed E-state index contributed by atoms with van der Waals surface area (Å²) in [6.45, 7) is 4.07. The Balaban J connectivity index is 1.27. The maximum Gasteiger partial charge on any atom is 0.188 e. The molecule has 0 saturated carbocycles. The molecule has 1 aromatic carbocycles. The first-order valence-electron chi connectivity index (χ1n) is 8.58. The number of hydrogen-bond acceptors (Lipinski definition) is 6. The van der Waals surface area contributed by atoms with E-state index >= 15 is 0 Å². The van der Waals surface area contributed by atoms with Gasteiger partial charge in [-0.25, -0.2) is 15.0 Å². The summed E-state index contributed by atoms with van der Waals surface area (Å²) >= 11 is 1.60. The summed E-state index contributed by atoms with van der Waals surface area (Å²) in [4.78, 5) is 15.7. The highest BCUT2D eigenvalue weighted by molar-refractivity contribution is 7.13. The van der Waals surface area contributed by atoms with E-state index in [9.17, 15) is 0 Å². The minimum Gasteiger partial charge on any atom is -0.307 e. The summed E-state index contributed by atoms with van der Waals surface area (Å²) in [5.41, 5.74) is 2.45. The number of nitrogens with zero attached hydrogens (tertiary/aromatic N) is 4. The van der Waals surface area contributed by atoms with Crippen LogP contribution in [0.25, 0.3) is 10.8 Å². The van der Waals surface area contributed by atoms with Gasteiger partial charge in [0.15, 0.2) is 10.8 Å². The average Bonchev–Trinajstić information content (AvgIpc) is 3.31. The van der Waals surface area contributed by atoms with E-state index in [4.69, 9.17) is 0 Å². The van der Waals surface area contributed by atoms with Crippen molar-refractivity contribution in [1.82, 2.24) is 25.2 Å². The van der Waals surface area contributed by atoms with Gasteiger partial charge in [-0.2, -0.15) is 0 Å². The Morgan fingerprint density at radius 3 is 2.80 bits per heavy atom. The molecule has 5 nitrogen and oxygen atoms in total. The molecule has 1 saturated heterocycles. The number of nitrogens with one attached hydrogen (secondary N) is 1. The second-order valence-corrected chi connectivity index (χ2v) is 7.16. The Labute approximate surface area is 151 Å². The molecule has 1 N–H and O–H groups in total. The second-order valence-electron chi connectivity index (χ2n) is 6.30. The molecule has 1 unspecified atom stereocenters. The van der Waals surface area contributed by atoms with Gasteiger partial charge in [0.25, 0.3) is 0 Å². The normalized spacial score (nSPS) is 17.8. The lowest BCUT2D eigenvalue weighted by Gasteiger charge is -2.16. The van der Waals surface area contributed by atoms with Crippen LogP contribution in [0.2, 0.25) is 0 Å². The molecule has 0 bridgehead atoms. The van der Waals surface area contributed by atoms with Crippen LogP contribution >= 0.6 is 11.3 Å². The largest absolute Gasteiger partial charge is 0.307 e. The molecule has 6 heteroatoms. The number of rotatable bonds is 6. The van der Waals surface area contributed by atoms with Crippen LogP contribution in [0.3, 0.4) is 0 Å². The Bertz CT molecular complexity index is 790. The van der Waals surface area contributed by atoms with Gasteiger partial charge in [-0.3, -0.25) is 4.90 Å². The summed E-state index contributed by atoms with van der Waals surface area (Å²) in [5.74, 6) is 0.702. The summed E-state index contributed by atoms with van der Waals surface area (Å²) in [6, 6.07) is 13.0. The van der Waals surface area contributed by atoms with Crippen LogP contribution in [-0.2, 0) is 13.1 Å². The van der Waals surface area contributed by atoms with Crippen molar-refractivity contribution in [2.45, 2.75) is 25.6 Å². The fourth-order valence-electron chi connectivity index (χ4n) is 3.13. The Hall–Kier alpha value is -2.15. The van der Waals surface area contributed by atoms with Crippen molar-refractivity contribution in [2.24, 2.45) is 0 Å². The molecule has 1 atom stereocenters. The van der Waals surface area contributed by atoms with Crippen LogP contribution in [0.15, 0.2) is 54.2 Å². The molecular weight excluding hydrogens is 330 g/mol. The van der Waals surface area contributed by atoms with Gasteiger partial charge in [0, 0.05) is 50.0 Å². The minimum atomic E-state index is 0.529. The highest BCUT2D eigenvalue weighted by atomic mass is 32.1. The lowest BCUT2D eigenvalue weighted by atomic mass is 10.2. The van der Waals surface area contributed by atoms with Gasteiger partial charge in [-0.15, -0.1) is 11.3 Å². The Morgan fingerprint density at radius 2 is 1.96 bits per heavy atom. The topological polar surface area (TPSA) is 53.9 Å². The van der Waals surface area contributed by atoms with Crippen LogP contribution in [-0.4, -0.2) is 39.0 Å². The van der Waals surface area contributed by atoms with Crippen LogP contribution in [0, 0.1) is 0 Å². The molecule has 3 aromatic rings. The summed E-state index contributed by atoms with van der Waals surface area (Å²) in [7, 11) is 0. The number of thiazole rings is 1. The zero-order chi connectivity index (χ0) is 16.9. The molecule has 0 radical (unpaired) electrons. The van der Waals surface area contributed by atoms with E-state index in [0.717, 1.165) is 36.9 Å². The molecule has 25 heavy (non-hydrogen) atoms. The maximum atomic E-state index is 4.65. The van der Waals surface area contributed by atoms with Gasteiger partial charge < -0.3 is 5.32 Å². The molecular formula is C19H21N5S. The lowest BCUT2D eigenvalue weighted by Crippen LogP contribution is -2.32. The highest BCUT2D eigenvalue weighted by Crippen LogP contribution is 2.20. The minimum absolute atomic E-state index is 0.529. The smallest absolute Gasteiger partial charge is 0.188 e. The van der Waals surface area contributed by atoms with Crippen LogP contribution in [0.1, 0.15) is 17.7 Å². The molecule has 3 heterocycles. The fourth-order valence-corrected chi connectivity index (χ4v) is 3.90. The first-order valence-corrected chi connectivity index (χ1v) is 9.46. The number of aromatic nitrogens is 3. The fraction of sp³-hybridized carbons (Fsp3) is 0.316. The van der Waals surface area contributed by atoms with E-state index in [-0.39, 0.29) is 0 Å². The molecule has 1 aliphatic rings. The third-order valence-corrected chi connectivity index (χ3v) is 5.29. The number of hydrogen-bond donors (Lipinski definition) is 1. The van der Waals surface area contributed by atoms with E-state index < -0.39 is 0 Å². The van der Waals surface area contributed by atoms with E-state index in [0.29, 0.717) is 11.9 Å². The summed E-state index contributed by atoms with van der Waals surface area (Å²) < 4.78 is 0. The van der Waals surface area contributed by atoms with Crippen molar-refractivity contribution in [2.75, 3.05) is 13.1 Å². The van der Waals surface area contributed by atoms with Crippen molar-refractivity contribution >= 4 is 11.3 Å². The Kier molecular flexibility index (Phi) is 5.11. The van der Waals surface area contributed by atoms with Crippen molar-refractivity contribution in [1.29, 1.82) is 0 Å². The predicted octanol–water partition coefficient (Wildman–Crippen LogP) is 2.96. The zero-order valence-electron chi connectivity index (χ0n) is 14.0. The van der Waals surface area contributed by atoms with Crippen molar-refractivity contribution in [3.05, 3.63) is 65.4 Å². The lowest BCUT2D eigenvalue weighted by molar-refractivity contribution is 0.320. The molecule has 1 fully saturated rings. The zero-order valence-corrected chi connectivity index (χ0v) is 14.8. The number of benzene rings is 1. The monoisotopic (exact) mass is 351 g/mol. The van der Waals surface area contributed by atoms with Crippen LogP contribution < -0.4 is 5.32 Å². The molecule has 128 valence electrons. The molecule has 4 rings (SSSR count). The van der Waals surface area contributed by atoms with E-state index in [1.165, 1.54) is 12.0 Å². The van der Waals surface area contributed by atoms with Crippen LogP contribution in [0.5, 0.6) is 0 Å². The average molecular weight is 351 g/mol. The third kappa shape index (κ3) is 4.28. The Morgan fingerprint density at radius 1 is 1.12 bits per heavy atom. The quantitative estimate of drug-likeness (QED) is 0.740. The predicted molar refractivity (Wildman–Crippen MR) is 100 cm³/mol. The summed E-state index contributed by atoms with van der Waals surface area (Å²) in [6.07, 6.45) is 4.69. The third-order valence-electron chi connectivity index (χ3n) is 4.40. The molecule has 0 aliphatic carbocycles. The van der Waals surface area contributed by atoms with E-state index in [1.54, 1.807) is 23.7 Å². The molecule has 2 aromatic heterocycles. The first kappa shape index (κ1) is 16.3. The standard InChI is InChI=1S/C19H21N5S/c1-2-5-15(6-3-1)12-24-10-7-16(13-24)22-11-17-14-25-19(23-17)18-20-8-4-9-21-18/h1-6,8-9,14,16,22H,7,10-13H2. The van der Waals surface area contributed by atoms with Crippen molar-refractivity contribution in [3.63, 3.8) is 0 Å².